The Hall–Kier alpha value is -1.39. The summed E-state index contributed by atoms with van der Waals surface area (Å²) in [6.07, 6.45) is 2.43. The van der Waals surface area contributed by atoms with Crippen molar-refractivity contribution in [1.29, 1.82) is 0 Å². The van der Waals surface area contributed by atoms with Gasteiger partial charge in [0.05, 0.1) is 17.2 Å². The van der Waals surface area contributed by atoms with Crippen LogP contribution in [-0.4, -0.2) is 37.0 Å². The van der Waals surface area contributed by atoms with Crippen LogP contribution >= 0.6 is 23.2 Å². The smallest absolute Gasteiger partial charge is 0.271 e. The second-order valence-electron chi connectivity index (χ2n) is 5.97. The van der Waals surface area contributed by atoms with E-state index in [9.17, 15) is 4.79 Å². The molecule has 0 aromatic heterocycles. The zero-order valence-electron chi connectivity index (χ0n) is 14.4. The summed E-state index contributed by atoms with van der Waals surface area (Å²) in [7, 11) is 1.62. The number of ether oxygens (including phenoxy) is 1. The topological polar surface area (TPSA) is 41.6 Å². The third-order valence-electron chi connectivity index (χ3n) is 4.26. The molecule has 1 aromatic carbocycles. The van der Waals surface area contributed by atoms with Crippen molar-refractivity contribution in [3.63, 3.8) is 0 Å². The van der Waals surface area contributed by atoms with Gasteiger partial charge in [-0.1, -0.05) is 29.3 Å². The largest absolute Gasteiger partial charge is 0.499 e. The molecule has 0 bridgehead atoms. The Morgan fingerprint density at radius 2 is 2.12 bits per heavy atom. The molecule has 0 spiro atoms. The van der Waals surface area contributed by atoms with Gasteiger partial charge in [-0.15, -0.1) is 0 Å². The molecule has 1 N–H and O–H groups in total. The summed E-state index contributed by atoms with van der Waals surface area (Å²) in [5.41, 5.74) is 1.78. The van der Waals surface area contributed by atoms with E-state index in [0.717, 1.165) is 43.7 Å². The molecule has 4 nitrogen and oxygen atoms in total. The first-order chi connectivity index (χ1) is 11.5. The summed E-state index contributed by atoms with van der Waals surface area (Å²) in [4.78, 5) is 14.6. The summed E-state index contributed by atoms with van der Waals surface area (Å²) < 4.78 is 5.36. The van der Waals surface area contributed by atoms with Gasteiger partial charge in [0.25, 0.3) is 5.91 Å². The first kappa shape index (κ1) is 18.9. The number of halogens is 2. The summed E-state index contributed by atoms with van der Waals surface area (Å²) >= 11 is 12.0. The van der Waals surface area contributed by atoms with Gasteiger partial charge >= 0.3 is 0 Å². The molecule has 6 heteroatoms. The lowest BCUT2D eigenvalue weighted by Gasteiger charge is -2.21. The van der Waals surface area contributed by atoms with E-state index in [1.54, 1.807) is 13.2 Å². The Bertz CT molecular complexity index is 631. The average Bonchev–Trinajstić information content (AvgIpc) is 2.99. The fourth-order valence-corrected chi connectivity index (χ4v) is 3.19. The second kappa shape index (κ2) is 8.63. The zero-order chi connectivity index (χ0) is 17.7. The minimum atomic E-state index is -0.0622. The van der Waals surface area contributed by atoms with Crippen molar-refractivity contribution in [2.45, 2.75) is 39.2 Å². The molecular formula is C18H24Cl2N2O2. The van der Waals surface area contributed by atoms with Gasteiger partial charge in [0, 0.05) is 25.6 Å². The number of hydrogen-bond donors (Lipinski definition) is 1. The monoisotopic (exact) mass is 370 g/mol. The number of carbonyl (C=O) groups is 1. The number of amides is 1. The lowest BCUT2D eigenvalue weighted by atomic mass is 10.1. The van der Waals surface area contributed by atoms with Gasteiger partial charge in [-0.3, -0.25) is 4.79 Å². The van der Waals surface area contributed by atoms with Gasteiger partial charge in [0.15, 0.2) is 0 Å². The molecule has 1 atom stereocenters. The molecule has 1 unspecified atom stereocenters. The number of nitrogens with zero attached hydrogens (tertiary/aromatic N) is 1. The normalized spacial score (nSPS) is 15.6. The van der Waals surface area contributed by atoms with Gasteiger partial charge in [0.1, 0.15) is 11.5 Å². The van der Waals surface area contributed by atoms with Crippen molar-refractivity contribution in [1.82, 2.24) is 10.2 Å². The molecule has 132 valence electrons. The lowest BCUT2D eigenvalue weighted by molar-refractivity contribution is -0.119. The Balaban J connectivity index is 1.92. The zero-order valence-corrected chi connectivity index (χ0v) is 15.9. The highest BCUT2D eigenvalue weighted by Crippen LogP contribution is 2.24. The van der Waals surface area contributed by atoms with E-state index in [1.165, 1.54) is 0 Å². The molecule has 1 aliphatic rings. The van der Waals surface area contributed by atoms with Crippen molar-refractivity contribution in [2.75, 3.05) is 20.2 Å². The highest BCUT2D eigenvalue weighted by Gasteiger charge is 2.28. The number of benzene rings is 1. The van der Waals surface area contributed by atoms with Crippen LogP contribution in [0.1, 0.15) is 32.3 Å². The maximum absolute atomic E-state index is 12.6. The third kappa shape index (κ3) is 4.58. The molecule has 1 amide bonds. The van der Waals surface area contributed by atoms with E-state index in [2.05, 4.69) is 10.2 Å². The molecule has 2 rings (SSSR count). The summed E-state index contributed by atoms with van der Waals surface area (Å²) in [5.74, 6) is 0.707. The summed E-state index contributed by atoms with van der Waals surface area (Å²) in [6, 6.07) is 5.69. The van der Waals surface area contributed by atoms with Gasteiger partial charge < -0.3 is 15.0 Å². The molecule has 1 heterocycles. The predicted octanol–water partition coefficient (Wildman–Crippen LogP) is 4.01. The van der Waals surface area contributed by atoms with Crippen LogP contribution in [0.15, 0.2) is 29.7 Å². The molecule has 0 fully saturated rings. The van der Waals surface area contributed by atoms with Crippen LogP contribution in [-0.2, 0) is 16.0 Å². The van der Waals surface area contributed by atoms with E-state index in [4.69, 9.17) is 27.9 Å². The van der Waals surface area contributed by atoms with Crippen molar-refractivity contribution in [3.05, 3.63) is 45.3 Å². The van der Waals surface area contributed by atoms with E-state index in [-0.39, 0.29) is 11.9 Å². The molecule has 0 saturated heterocycles. The Morgan fingerprint density at radius 1 is 1.38 bits per heavy atom. The number of hydrogen-bond acceptors (Lipinski definition) is 3. The fraction of sp³-hybridized carbons (Fsp3) is 0.500. The molecular weight excluding hydrogens is 347 g/mol. The van der Waals surface area contributed by atoms with Crippen LogP contribution in [0.25, 0.3) is 0 Å². The lowest BCUT2D eigenvalue weighted by Crippen LogP contribution is -2.38. The second-order valence-corrected chi connectivity index (χ2v) is 6.78. The highest BCUT2D eigenvalue weighted by molar-refractivity contribution is 6.42. The fourth-order valence-electron chi connectivity index (χ4n) is 2.87. The van der Waals surface area contributed by atoms with Gasteiger partial charge in [-0.25, -0.2) is 0 Å². The van der Waals surface area contributed by atoms with Crippen LogP contribution in [0.3, 0.4) is 0 Å². The third-order valence-corrected chi connectivity index (χ3v) is 5.00. The van der Waals surface area contributed by atoms with Crippen LogP contribution in [0.4, 0.5) is 0 Å². The number of carbonyl (C=O) groups excluding carboxylic acids is 1. The Kier molecular flexibility index (Phi) is 6.81. The SMILES string of the molecule is CCN1CCC(OC)=C1C(=O)NC(C)CCc1ccc(Cl)c(Cl)c1. The molecule has 0 radical (unpaired) electrons. The molecule has 1 aromatic rings. The maximum atomic E-state index is 12.6. The van der Waals surface area contributed by atoms with Crippen LogP contribution in [0.5, 0.6) is 0 Å². The first-order valence-electron chi connectivity index (χ1n) is 8.23. The van der Waals surface area contributed by atoms with Crippen LogP contribution in [0, 0.1) is 0 Å². The van der Waals surface area contributed by atoms with Crippen molar-refractivity contribution < 1.29 is 9.53 Å². The molecule has 0 aliphatic carbocycles. The number of likely N-dealkylation sites (N-methyl/N-ethyl adjacent to an activating group) is 1. The van der Waals surface area contributed by atoms with Gasteiger partial charge in [-0.2, -0.15) is 0 Å². The Labute approximate surface area is 153 Å². The quantitative estimate of drug-likeness (QED) is 0.787. The highest BCUT2D eigenvalue weighted by atomic mass is 35.5. The molecule has 0 saturated carbocycles. The number of methoxy groups -OCH3 is 1. The van der Waals surface area contributed by atoms with Gasteiger partial charge in [0.2, 0.25) is 0 Å². The number of aryl methyl sites for hydroxylation is 1. The van der Waals surface area contributed by atoms with E-state index >= 15 is 0 Å². The minimum absolute atomic E-state index is 0.0527. The summed E-state index contributed by atoms with van der Waals surface area (Å²) in [6.45, 7) is 5.68. The maximum Gasteiger partial charge on any atom is 0.271 e. The first-order valence-corrected chi connectivity index (χ1v) is 8.98. The molecule has 24 heavy (non-hydrogen) atoms. The Morgan fingerprint density at radius 3 is 2.75 bits per heavy atom. The number of rotatable bonds is 7. The molecule has 1 aliphatic heterocycles. The van der Waals surface area contributed by atoms with Crippen molar-refractivity contribution in [2.24, 2.45) is 0 Å². The van der Waals surface area contributed by atoms with E-state index < -0.39 is 0 Å². The van der Waals surface area contributed by atoms with Crippen molar-refractivity contribution in [3.8, 4) is 0 Å². The van der Waals surface area contributed by atoms with Gasteiger partial charge in [-0.05, 0) is 44.4 Å². The predicted molar refractivity (Wildman–Crippen MR) is 98.3 cm³/mol. The summed E-state index contributed by atoms with van der Waals surface area (Å²) in [5, 5.41) is 4.19. The van der Waals surface area contributed by atoms with E-state index in [0.29, 0.717) is 15.7 Å². The van der Waals surface area contributed by atoms with Crippen molar-refractivity contribution >= 4 is 29.1 Å². The number of nitrogens with one attached hydrogen (secondary N) is 1. The van der Waals surface area contributed by atoms with Crippen LogP contribution in [0.2, 0.25) is 10.0 Å². The minimum Gasteiger partial charge on any atom is -0.499 e. The standard InChI is InChI=1S/C18H24Cl2N2O2/c1-4-22-10-9-16(24-3)17(22)18(23)21-12(2)5-6-13-7-8-14(19)15(20)11-13/h7-8,11-12H,4-6,9-10H2,1-3H3,(H,21,23). The van der Waals surface area contributed by atoms with E-state index in [1.807, 2.05) is 26.0 Å². The van der Waals surface area contributed by atoms with Crippen LogP contribution < -0.4 is 5.32 Å². The average molecular weight is 371 g/mol.